The quantitative estimate of drug-likeness (QED) is 0.619. The molecule has 1 saturated carbocycles. The Morgan fingerprint density at radius 1 is 1.22 bits per heavy atom. The summed E-state index contributed by atoms with van der Waals surface area (Å²) in [4.78, 5) is 12.3. The Morgan fingerprint density at radius 2 is 1.83 bits per heavy atom. The normalized spacial score (nSPS) is 21.3. The van der Waals surface area contributed by atoms with Gasteiger partial charge in [-0.1, -0.05) is 25.5 Å². The van der Waals surface area contributed by atoms with E-state index in [4.69, 9.17) is 9.47 Å². The summed E-state index contributed by atoms with van der Waals surface area (Å²) in [6, 6.07) is 7.42. The lowest BCUT2D eigenvalue weighted by molar-refractivity contribution is -0.123. The van der Waals surface area contributed by atoms with Gasteiger partial charge >= 0.3 is 0 Å². The lowest BCUT2D eigenvalue weighted by Crippen LogP contribution is -2.30. The number of amides is 1. The summed E-state index contributed by atoms with van der Waals surface area (Å²) >= 11 is 0. The molecule has 0 spiro atoms. The summed E-state index contributed by atoms with van der Waals surface area (Å²) in [7, 11) is 1.63. The van der Waals surface area contributed by atoms with Gasteiger partial charge in [0.05, 0.1) is 19.6 Å². The minimum Gasteiger partial charge on any atom is -0.497 e. The molecule has 0 aromatic heterocycles. The first-order chi connectivity index (χ1) is 10.9. The van der Waals surface area contributed by atoms with Crippen molar-refractivity contribution >= 4 is 5.91 Å². The van der Waals surface area contributed by atoms with Crippen molar-refractivity contribution < 1.29 is 14.3 Å². The fourth-order valence-corrected chi connectivity index (χ4v) is 2.97. The van der Waals surface area contributed by atoms with E-state index >= 15 is 0 Å². The van der Waals surface area contributed by atoms with Gasteiger partial charge in [0.1, 0.15) is 18.1 Å². The van der Waals surface area contributed by atoms with Crippen LogP contribution >= 0.6 is 0 Å². The van der Waals surface area contributed by atoms with Crippen molar-refractivity contribution in [3.8, 4) is 11.5 Å². The predicted molar refractivity (Wildman–Crippen MR) is 91.7 cm³/mol. The number of carbonyl (C=O) groups excluding carboxylic acids is 1. The second-order valence-corrected chi connectivity index (χ2v) is 6.88. The van der Waals surface area contributed by atoms with E-state index in [9.17, 15) is 4.79 Å². The van der Waals surface area contributed by atoms with Gasteiger partial charge < -0.3 is 14.8 Å². The molecule has 0 aliphatic heterocycles. The molecule has 4 heteroatoms. The number of hydrogen-bond donors (Lipinski definition) is 1. The fraction of sp³-hybridized carbons (Fsp3) is 0.526. The molecule has 2 atom stereocenters. The van der Waals surface area contributed by atoms with E-state index < -0.39 is 0 Å². The molecule has 1 N–H and O–H groups in total. The number of rotatable bonds is 7. The van der Waals surface area contributed by atoms with Crippen molar-refractivity contribution in [1.29, 1.82) is 0 Å². The molecule has 23 heavy (non-hydrogen) atoms. The van der Waals surface area contributed by atoms with Crippen LogP contribution in [0.25, 0.3) is 0 Å². The van der Waals surface area contributed by atoms with Crippen molar-refractivity contribution in [2.45, 2.75) is 27.7 Å². The minimum absolute atomic E-state index is 0.0538. The highest BCUT2D eigenvalue weighted by molar-refractivity contribution is 5.83. The van der Waals surface area contributed by atoms with Gasteiger partial charge in [-0.3, -0.25) is 4.79 Å². The van der Waals surface area contributed by atoms with Crippen LogP contribution in [0, 0.1) is 17.3 Å². The molecule has 1 aromatic carbocycles. The Labute approximate surface area is 138 Å². The van der Waals surface area contributed by atoms with Crippen LogP contribution in [0.1, 0.15) is 27.7 Å². The standard InChI is InChI=1S/C19H27NO3/c1-13(2)12-16-17(19(16,3)4)18(21)20-10-11-23-15-8-6-14(22-5)7-9-15/h6-9,12,16-17H,10-11H2,1-5H3,(H,20,21)/t16-,17+/m1/s1. The van der Waals surface area contributed by atoms with Crippen LogP contribution in [0.4, 0.5) is 0 Å². The lowest BCUT2D eigenvalue weighted by Gasteiger charge is -2.09. The molecule has 0 radical (unpaired) electrons. The van der Waals surface area contributed by atoms with Crippen LogP contribution in [0.3, 0.4) is 0 Å². The first-order valence-electron chi connectivity index (χ1n) is 8.06. The van der Waals surface area contributed by atoms with Crippen molar-refractivity contribution in [1.82, 2.24) is 5.32 Å². The van der Waals surface area contributed by atoms with E-state index in [1.54, 1.807) is 7.11 Å². The fourth-order valence-electron chi connectivity index (χ4n) is 2.97. The van der Waals surface area contributed by atoms with Crippen LogP contribution in [0.5, 0.6) is 11.5 Å². The van der Waals surface area contributed by atoms with E-state index in [0.717, 1.165) is 11.5 Å². The molecule has 126 valence electrons. The summed E-state index contributed by atoms with van der Waals surface area (Å²) in [5, 5.41) is 2.98. The first kappa shape index (κ1) is 17.4. The van der Waals surface area contributed by atoms with E-state index in [1.165, 1.54) is 5.57 Å². The van der Waals surface area contributed by atoms with Gasteiger partial charge in [0.15, 0.2) is 0 Å². The molecular weight excluding hydrogens is 290 g/mol. The van der Waals surface area contributed by atoms with E-state index in [2.05, 4.69) is 39.1 Å². The molecule has 0 saturated heterocycles. The maximum Gasteiger partial charge on any atom is 0.224 e. The van der Waals surface area contributed by atoms with E-state index in [-0.39, 0.29) is 17.2 Å². The summed E-state index contributed by atoms with van der Waals surface area (Å²) in [6.45, 7) is 9.42. The third kappa shape index (κ3) is 4.27. The third-order valence-corrected chi connectivity index (χ3v) is 4.44. The van der Waals surface area contributed by atoms with Crippen molar-refractivity contribution in [2.75, 3.05) is 20.3 Å². The number of ether oxygens (including phenoxy) is 2. The molecule has 0 unspecified atom stereocenters. The van der Waals surface area contributed by atoms with Crippen LogP contribution in [0.2, 0.25) is 0 Å². The Balaban J connectivity index is 1.74. The van der Waals surface area contributed by atoms with Gasteiger partial charge in [-0.15, -0.1) is 0 Å². The average molecular weight is 317 g/mol. The second kappa shape index (κ2) is 7.07. The molecule has 1 amide bonds. The van der Waals surface area contributed by atoms with E-state index in [1.807, 2.05) is 24.3 Å². The summed E-state index contributed by atoms with van der Waals surface area (Å²) < 4.78 is 10.7. The summed E-state index contributed by atoms with van der Waals surface area (Å²) in [5.41, 5.74) is 1.32. The molecule has 0 heterocycles. The minimum atomic E-state index is 0.0538. The molecule has 2 rings (SSSR count). The topological polar surface area (TPSA) is 47.6 Å². The zero-order chi connectivity index (χ0) is 17.0. The second-order valence-electron chi connectivity index (χ2n) is 6.88. The van der Waals surface area contributed by atoms with Gasteiger partial charge in [-0.25, -0.2) is 0 Å². The van der Waals surface area contributed by atoms with Crippen LogP contribution in [-0.4, -0.2) is 26.2 Å². The van der Waals surface area contributed by atoms with E-state index in [0.29, 0.717) is 19.1 Å². The van der Waals surface area contributed by atoms with Crippen LogP contribution < -0.4 is 14.8 Å². The number of carbonyl (C=O) groups is 1. The Hall–Kier alpha value is -1.97. The van der Waals surface area contributed by atoms with Gasteiger partial charge in [0.25, 0.3) is 0 Å². The number of benzene rings is 1. The SMILES string of the molecule is COc1ccc(OCCNC(=O)[C@@H]2[C@@H](C=C(C)C)C2(C)C)cc1. The number of allylic oxidation sites excluding steroid dienone is 2. The maximum atomic E-state index is 12.3. The monoisotopic (exact) mass is 317 g/mol. The average Bonchev–Trinajstić information content (AvgIpc) is 3.04. The highest BCUT2D eigenvalue weighted by Crippen LogP contribution is 2.59. The number of methoxy groups -OCH3 is 1. The molecule has 1 aliphatic rings. The van der Waals surface area contributed by atoms with Crippen LogP contribution in [0.15, 0.2) is 35.9 Å². The Bertz CT molecular complexity index is 571. The highest BCUT2D eigenvalue weighted by Gasteiger charge is 2.60. The molecular formula is C19H27NO3. The number of nitrogens with one attached hydrogen (secondary N) is 1. The highest BCUT2D eigenvalue weighted by atomic mass is 16.5. The van der Waals surface area contributed by atoms with Gasteiger partial charge in [0.2, 0.25) is 5.91 Å². The van der Waals surface area contributed by atoms with Crippen molar-refractivity contribution in [3.05, 3.63) is 35.9 Å². The molecule has 1 aliphatic carbocycles. The molecule has 1 fully saturated rings. The molecule has 1 aromatic rings. The van der Waals surface area contributed by atoms with Gasteiger partial charge in [-0.2, -0.15) is 0 Å². The Kier molecular flexibility index (Phi) is 5.34. The first-order valence-corrected chi connectivity index (χ1v) is 8.06. The van der Waals surface area contributed by atoms with Crippen molar-refractivity contribution in [2.24, 2.45) is 17.3 Å². The third-order valence-electron chi connectivity index (χ3n) is 4.44. The summed E-state index contributed by atoms with van der Waals surface area (Å²) in [6.07, 6.45) is 2.21. The van der Waals surface area contributed by atoms with Gasteiger partial charge in [-0.05, 0) is 49.4 Å². The molecule has 4 nitrogen and oxygen atoms in total. The lowest BCUT2D eigenvalue weighted by atomic mass is 10.1. The Morgan fingerprint density at radius 3 is 2.39 bits per heavy atom. The number of hydrogen-bond acceptors (Lipinski definition) is 3. The zero-order valence-corrected chi connectivity index (χ0v) is 14.7. The van der Waals surface area contributed by atoms with Gasteiger partial charge in [0, 0.05) is 0 Å². The summed E-state index contributed by atoms with van der Waals surface area (Å²) in [5.74, 6) is 2.10. The molecule has 0 bridgehead atoms. The van der Waals surface area contributed by atoms with Crippen molar-refractivity contribution in [3.63, 3.8) is 0 Å². The maximum absolute atomic E-state index is 12.3. The predicted octanol–water partition coefficient (Wildman–Crippen LogP) is 3.43. The largest absolute Gasteiger partial charge is 0.497 e. The van der Waals surface area contributed by atoms with Crippen LogP contribution in [-0.2, 0) is 4.79 Å². The smallest absolute Gasteiger partial charge is 0.224 e. The zero-order valence-electron chi connectivity index (χ0n) is 14.7.